The first-order chi connectivity index (χ1) is 8.47. The number of carboxylic acids is 2. The average molecular weight is 274 g/mol. The van der Waals surface area contributed by atoms with E-state index in [1.54, 1.807) is 0 Å². The first-order valence-electron chi connectivity index (χ1n) is 4.86. The second kappa shape index (κ2) is 9.46. The van der Waals surface area contributed by atoms with Crippen LogP contribution in [0.5, 0.6) is 0 Å². The summed E-state index contributed by atoms with van der Waals surface area (Å²) in [7, 11) is 0. The Morgan fingerprint density at radius 3 is 2.06 bits per heavy atom. The topological polar surface area (TPSA) is 115 Å². The first-order valence-corrected chi connectivity index (χ1v) is 5.91. The Kier molecular flexibility index (Phi) is 8.63. The average Bonchev–Trinajstić information content (AvgIpc) is 2.37. The molecular formula is C11H14O6S. The van der Waals surface area contributed by atoms with Crippen molar-refractivity contribution >= 4 is 23.7 Å². The highest BCUT2D eigenvalue weighted by atomic mass is 32.2. The lowest BCUT2D eigenvalue weighted by molar-refractivity contribution is -0.142. The highest BCUT2D eigenvalue weighted by molar-refractivity contribution is 7.99. The van der Waals surface area contributed by atoms with Gasteiger partial charge >= 0.3 is 11.9 Å². The highest BCUT2D eigenvalue weighted by Gasteiger charge is 2.12. The first kappa shape index (κ1) is 16.4. The molecule has 1 aromatic carbocycles. The Labute approximate surface area is 108 Å². The maximum absolute atomic E-state index is 10.2. The Bertz CT molecular complexity index is 367. The number of hydrogen-bond donors (Lipinski definition) is 4. The van der Waals surface area contributed by atoms with Gasteiger partial charge in [0.25, 0.3) is 0 Å². The molecule has 0 fully saturated rings. The molecule has 6 nitrogen and oxygen atoms in total. The maximum Gasteiger partial charge on any atom is 0.343 e. The molecule has 1 unspecified atom stereocenters. The quantitative estimate of drug-likeness (QED) is 0.574. The number of aliphatic carboxylic acids is 2. The van der Waals surface area contributed by atoms with Crippen LogP contribution in [0.2, 0.25) is 0 Å². The number of benzene rings is 1. The van der Waals surface area contributed by atoms with E-state index in [1.165, 1.54) is 0 Å². The van der Waals surface area contributed by atoms with Gasteiger partial charge in [-0.15, -0.1) is 11.8 Å². The van der Waals surface area contributed by atoms with E-state index in [2.05, 4.69) is 0 Å². The van der Waals surface area contributed by atoms with Crippen LogP contribution in [0.4, 0.5) is 0 Å². The molecule has 0 spiro atoms. The summed E-state index contributed by atoms with van der Waals surface area (Å²) in [5.74, 6) is -1.88. The molecule has 0 amide bonds. The van der Waals surface area contributed by atoms with Gasteiger partial charge in [-0.05, 0) is 5.56 Å². The molecule has 0 radical (unpaired) electrons. The third-order valence-corrected chi connectivity index (χ3v) is 2.61. The zero-order valence-corrected chi connectivity index (χ0v) is 10.2. The molecule has 0 saturated carbocycles. The van der Waals surface area contributed by atoms with Gasteiger partial charge in [-0.25, -0.2) is 9.59 Å². The lowest BCUT2D eigenvalue weighted by Crippen LogP contribution is -2.14. The molecule has 0 bridgehead atoms. The van der Waals surface area contributed by atoms with Crippen molar-refractivity contribution in [3.05, 3.63) is 35.9 Å². The van der Waals surface area contributed by atoms with Gasteiger partial charge in [0.15, 0.2) is 5.44 Å². The second-order valence-electron chi connectivity index (χ2n) is 3.04. The van der Waals surface area contributed by atoms with Crippen molar-refractivity contribution in [1.29, 1.82) is 0 Å². The van der Waals surface area contributed by atoms with Crippen LogP contribution < -0.4 is 0 Å². The Morgan fingerprint density at radius 1 is 1.17 bits per heavy atom. The number of rotatable bonds is 5. The summed E-state index contributed by atoms with van der Waals surface area (Å²) < 4.78 is 0. The van der Waals surface area contributed by atoms with Gasteiger partial charge in [-0.2, -0.15) is 0 Å². The van der Waals surface area contributed by atoms with Crippen molar-refractivity contribution in [2.75, 3.05) is 6.61 Å². The predicted octanol–water partition coefficient (Wildman–Crippen LogP) is 0.386. The summed E-state index contributed by atoms with van der Waals surface area (Å²) in [6, 6.07) is 9.43. The Hall–Kier alpha value is -1.57. The van der Waals surface area contributed by atoms with E-state index in [0.29, 0.717) is 5.75 Å². The molecule has 7 heteroatoms. The molecule has 4 N–H and O–H groups in total. The minimum absolute atomic E-state index is 0.508. The largest absolute Gasteiger partial charge is 0.480 e. The summed E-state index contributed by atoms with van der Waals surface area (Å²) in [4.78, 5) is 19.4. The molecule has 0 saturated heterocycles. The fourth-order valence-corrected chi connectivity index (χ4v) is 1.51. The molecule has 1 atom stereocenters. The Morgan fingerprint density at radius 2 is 1.67 bits per heavy atom. The number of aliphatic hydroxyl groups is 2. The van der Waals surface area contributed by atoms with Crippen LogP contribution in [0.25, 0.3) is 0 Å². The van der Waals surface area contributed by atoms with Crippen LogP contribution >= 0.6 is 11.8 Å². The van der Waals surface area contributed by atoms with Crippen molar-refractivity contribution < 1.29 is 30.0 Å². The van der Waals surface area contributed by atoms with E-state index < -0.39 is 24.0 Å². The van der Waals surface area contributed by atoms with E-state index >= 15 is 0 Å². The van der Waals surface area contributed by atoms with E-state index in [0.717, 1.165) is 17.3 Å². The van der Waals surface area contributed by atoms with Crippen molar-refractivity contribution in [3.63, 3.8) is 0 Å². The highest BCUT2D eigenvalue weighted by Crippen LogP contribution is 2.15. The van der Waals surface area contributed by atoms with Crippen LogP contribution in [0, 0.1) is 0 Å². The normalized spacial score (nSPS) is 11.0. The van der Waals surface area contributed by atoms with Gasteiger partial charge in [-0.3, -0.25) is 0 Å². The lowest BCUT2D eigenvalue weighted by Gasteiger charge is -2.04. The monoisotopic (exact) mass is 274 g/mol. The fourth-order valence-electron chi connectivity index (χ4n) is 0.821. The van der Waals surface area contributed by atoms with E-state index in [9.17, 15) is 4.79 Å². The van der Waals surface area contributed by atoms with Crippen LogP contribution in [0.3, 0.4) is 0 Å². The number of thioether (sulfide) groups is 1. The minimum Gasteiger partial charge on any atom is -0.480 e. The van der Waals surface area contributed by atoms with Gasteiger partial charge in [0.2, 0.25) is 0 Å². The second-order valence-corrected chi connectivity index (χ2v) is 4.11. The number of hydrogen-bond acceptors (Lipinski definition) is 5. The van der Waals surface area contributed by atoms with E-state index in [-0.39, 0.29) is 0 Å². The molecule has 0 aliphatic rings. The van der Waals surface area contributed by atoms with Gasteiger partial charge < -0.3 is 20.4 Å². The molecule has 100 valence electrons. The number of carboxylic acid groups (broad SMARTS) is 2. The third-order valence-electron chi connectivity index (χ3n) is 1.60. The van der Waals surface area contributed by atoms with Crippen LogP contribution in [0.15, 0.2) is 30.3 Å². The van der Waals surface area contributed by atoms with Gasteiger partial charge in [-0.1, -0.05) is 30.3 Å². The summed E-state index contributed by atoms with van der Waals surface area (Å²) in [5, 5.41) is 32.4. The zero-order chi connectivity index (χ0) is 14.0. The predicted molar refractivity (Wildman–Crippen MR) is 66.1 cm³/mol. The molecule has 0 heterocycles. The van der Waals surface area contributed by atoms with Crippen molar-refractivity contribution in [3.8, 4) is 0 Å². The van der Waals surface area contributed by atoms with Crippen LogP contribution in [-0.4, -0.2) is 44.4 Å². The van der Waals surface area contributed by atoms with Crippen molar-refractivity contribution in [1.82, 2.24) is 0 Å². The molecule has 0 aliphatic heterocycles. The number of aliphatic hydroxyl groups excluding tert-OH is 2. The van der Waals surface area contributed by atoms with Gasteiger partial charge in [0.05, 0.1) is 0 Å². The van der Waals surface area contributed by atoms with Crippen LogP contribution in [0.1, 0.15) is 5.56 Å². The molecule has 1 aromatic rings. The maximum atomic E-state index is 10.2. The summed E-state index contributed by atoms with van der Waals surface area (Å²) in [6.07, 6.45) is 0. The standard InChI is InChI=1S/C9H10O3S.C2H4O3/c10-8(11)9(12)13-6-7-4-2-1-3-5-7;3-1-2(4)5/h1-5,9,12H,6H2,(H,10,11);3H,1H2,(H,4,5). The Balaban J connectivity index is 0.000000494. The molecule has 0 aromatic heterocycles. The molecule has 1 rings (SSSR count). The fraction of sp³-hybridized carbons (Fsp3) is 0.273. The van der Waals surface area contributed by atoms with E-state index in [1.807, 2.05) is 30.3 Å². The van der Waals surface area contributed by atoms with Gasteiger partial charge in [0, 0.05) is 5.75 Å². The van der Waals surface area contributed by atoms with Gasteiger partial charge in [0.1, 0.15) is 6.61 Å². The van der Waals surface area contributed by atoms with Crippen molar-refractivity contribution in [2.24, 2.45) is 0 Å². The minimum atomic E-state index is -1.33. The molecular weight excluding hydrogens is 260 g/mol. The smallest absolute Gasteiger partial charge is 0.343 e. The van der Waals surface area contributed by atoms with E-state index in [4.69, 9.17) is 25.2 Å². The zero-order valence-electron chi connectivity index (χ0n) is 9.39. The lowest BCUT2D eigenvalue weighted by atomic mass is 10.2. The molecule has 0 aliphatic carbocycles. The molecule has 18 heavy (non-hydrogen) atoms. The summed E-state index contributed by atoms with van der Waals surface area (Å²) >= 11 is 0.994. The summed E-state index contributed by atoms with van der Waals surface area (Å²) in [5.41, 5.74) is -0.326. The SMILES string of the molecule is O=C(O)C(O)SCc1ccccc1.O=C(O)CO. The third kappa shape index (κ3) is 8.57. The van der Waals surface area contributed by atoms with Crippen LogP contribution in [-0.2, 0) is 15.3 Å². The summed E-state index contributed by atoms with van der Waals surface area (Å²) in [6.45, 7) is -0.778. The number of carbonyl (C=O) groups is 2. The van der Waals surface area contributed by atoms with Crippen molar-refractivity contribution in [2.45, 2.75) is 11.2 Å².